The van der Waals surface area contributed by atoms with Gasteiger partial charge in [-0.25, -0.2) is 0 Å². The Balaban J connectivity index is 1.38. The van der Waals surface area contributed by atoms with Crippen LogP contribution in [0.4, 0.5) is 0 Å². The lowest BCUT2D eigenvalue weighted by Crippen LogP contribution is -2.27. The van der Waals surface area contributed by atoms with Gasteiger partial charge >= 0.3 is 0 Å². The van der Waals surface area contributed by atoms with Crippen LogP contribution < -0.4 is 4.74 Å². The van der Waals surface area contributed by atoms with Gasteiger partial charge in [0.05, 0.1) is 0 Å². The van der Waals surface area contributed by atoms with Crippen molar-refractivity contribution in [1.29, 1.82) is 0 Å². The summed E-state index contributed by atoms with van der Waals surface area (Å²) in [7, 11) is 0. The molecule has 0 bridgehead atoms. The summed E-state index contributed by atoms with van der Waals surface area (Å²) in [4.78, 5) is 18.7. The van der Waals surface area contributed by atoms with Gasteiger partial charge in [0.1, 0.15) is 5.75 Å². The van der Waals surface area contributed by atoms with Crippen LogP contribution in [0.5, 0.6) is 10.9 Å². The lowest BCUT2D eigenvalue weighted by atomic mass is 10.1. The molecule has 1 aliphatic heterocycles. The van der Waals surface area contributed by atoms with Gasteiger partial charge in [-0.15, -0.1) is 0 Å². The monoisotopic (exact) mass is 379 g/mol. The maximum Gasteiger partial charge on any atom is 0.298 e. The van der Waals surface area contributed by atoms with Gasteiger partial charge in [-0.05, 0) is 49.6 Å². The van der Waals surface area contributed by atoms with E-state index in [1.54, 1.807) is 0 Å². The molecule has 2 heterocycles. The van der Waals surface area contributed by atoms with Crippen molar-refractivity contribution in [2.24, 2.45) is 0 Å². The van der Waals surface area contributed by atoms with E-state index < -0.39 is 0 Å². The first kappa shape index (κ1) is 17.7. The van der Waals surface area contributed by atoms with Gasteiger partial charge in [0.15, 0.2) is 5.82 Å². The molecule has 1 fully saturated rings. The Morgan fingerprint density at radius 1 is 1.07 bits per heavy atom. The molecule has 5 nitrogen and oxygen atoms in total. The second-order valence-corrected chi connectivity index (χ2v) is 7.48. The molecular weight excluding hydrogens is 358 g/mol. The molecule has 4 rings (SSSR count). The first-order chi connectivity index (χ1) is 13.2. The Morgan fingerprint density at radius 3 is 2.48 bits per heavy atom. The Kier molecular flexibility index (Phi) is 5.16. The third-order valence-electron chi connectivity index (χ3n) is 4.63. The molecule has 1 saturated heterocycles. The number of nitrogens with zero attached hydrogens (tertiary/aromatic N) is 3. The molecule has 0 aliphatic carbocycles. The maximum atomic E-state index is 12.4. The summed E-state index contributed by atoms with van der Waals surface area (Å²) in [6.45, 7) is 3.78. The summed E-state index contributed by atoms with van der Waals surface area (Å²) in [5.74, 6) is 1.50. The number of hydrogen-bond acceptors (Lipinski definition) is 5. The smallest absolute Gasteiger partial charge is 0.298 e. The molecule has 3 aromatic rings. The summed E-state index contributed by atoms with van der Waals surface area (Å²) >= 11 is 1.24. The van der Waals surface area contributed by atoms with Crippen molar-refractivity contribution in [2.75, 3.05) is 13.1 Å². The van der Waals surface area contributed by atoms with E-state index in [4.69, 9.17) is 4.74 Å². The molecule has 0 N–H and O–H groups in total. The summed E-state index contributed by atoms with van der Waals surface area (Å²) in [6.07, 6.45) is 2.87. The van der Waals surface area contributed by atoms with Crippen LogP contribution in [-0.2, 0) is 6.42 Å². The normalized spacial score (nSPS) is 13.7. The molecule has 27 heavy (non-hydrogen) atoms. The van der Waals surface area contributed by atoms with E-state index in [2.05, 4.69) is 40.5 Å². The Bertz CT molecular complexity index is 913. The number of likely N-dealkylation sites (tertiary alicyclic amines) is 1. The number of carbonyl (C=O) groups excluding carboxylic acids is 1. The van der Waals surface area contributed by atoms with Crippen LogP contribution in [0.15, 0.2) is 48.5 Å². The van der Waals surface area contributed by atoms with Gasteiger partial charge in [0, 0.05) is 36.6 Å². The van der Waals surface area contributed by atoms with Crippen molar-refractivity contribution in [3.8, 4) is 10.9 Å². The highest BCUT2D eigenvalue weighted by atomic mass is 32.1. The minimum atomic E-state index is 0.0929. The predicted molar refractivity (Wildman–Crippen MR) is 106 cm³/mol. The lowest BCUT2D eigenvalue weighted by molar-refractivity contribution is 0.0793. The third kappa shape index (κ3) is 4.34. The molecule has 0 atom stereocenters. The van der Waals surface area contributed by atoms with Crippen LogP contribution in [-0.4, -0.2) is 33.3 Å². The number of carbonyl (C=O) groups is 1. The van der Waals surface area contributed by atoms with E-state index in [0.717, 1.165) is 31.8 Å². The van der Waals surface area contributed by atoms with Gasteiger partial charge in [0.2, 0.25) is 0 Å². The number of aryl methyl sites for hydroxylation is 1. The SMILES string of the molecule is Cc1ccc(Cc2nsc(Oc3ccc(C(=O)N4CCCC4)cc3)n2)cc1. The van der Waals surface area contributed by atoms with Crippen molar-refractivity contribution in [2.45, 2.75) is 26.2 Å². The van der Waals surface area contributed by atoms with Gasteiger partial charge in [-0.2, -0.15) is 9.36 Å². The molecule has 2 aromatic carbocycles. The fourth-order valence-corrected chi connectivity index (χ4v) is 3.68. The van der Waals surface area contributed by atoms with E-state index >= 15 is 0 Å². The summed E-state index contributed by atoms with van der Waals surface area (Å²) in [5, 5.41) is 0.510. The number of rotatable bonds is 5. The molecule has 1 aromatic heterocycles. The largest absolute Gasteiger partial charge is 0.430 e. The highest BCUT2D eigenvalue weighted by molar-refractivity contribution is 7.07. The first-order valence-electron chi connectivity index (χ1n) is 9.13. The van der Waals surface area contributed by atoms with Gasteiger partial charge in [0.25, 0.3) is 11.1 Å². The van der Waals surface area contributed by atoms with Crippen LogP contribution in [0, 0.1) is 6.92 Å². The fraction of sp³-hybridized carbons (Fsp3) is 0.286. The summed E-state index contributed by atoms with van der Waals surface area (Å²) < 4.78 is 10.2. The summed E-state index contributed by atoms with van der Waals surface area (Å²) in [6, 6.07) is 15.6. The molecule has 1 aliphatic rings. The third-order valence-corrected chi connectivity index (χ3v) is 5.26. The van der Waals surface area contributed by atoms with E-state index in [1.807, 2.05) is 29.2 Å². The Hall–Kier alpha value is -2.73. The van der Waals surface area contributed by atoms with Crippen LogP contribution in [0.1, 0.15) is 40.2 Å². The minimum Gasteiger partial charge on any atom is -0.430 e. The molecule has 0 unspecified atom stereocenters. The van der Waals surface area contributed by atoms with Crippen LogP contribution in [0.2, 0.25) is 0 Å². The zero-order valence-electron chi connectivity index (χ0n) is 15.2. The van der Waals surface area contributed by atoms with E-state index in [1.165, 1.54) is 22.7 Å². The highest BCUT2D eigenvalue weighted by Gasteiger charge is 2.19. The van der Waals surface area contributed by atoms with Crippen molar-refractivity contribution in [1.82, 2.24) is 14.3 Å². The van der Waals surface area contributed by atoms with Crippen molar-refractivity contribution >= 4 is 17.4 Å². The molecule has 138 valence electrons. The number of benzene rings is 2. The van der Waals surface area contributed by atoms with E-state index in [9.17, 15) is 4.79 Å². The molecule has 6 heteroatoms. The second kappa shape index (κ2) is 7.88. The lowest BCUT2D eigenvalue weighted by Gasteiger charge is -2.15. The predicted octanol–water partition coefficient (Wildman–Crippen LogP) is 4.47. The molecule has 0 saturated carbocycles. The molecular formula is C21H21N3O2S. The number of amides is 1. The van der Waals surface area contributed by atoms with Gasteiger partial charge in [-0.1, -0.05) is 29.8 Å². The molecule has 1 amide bonds. The Morgan fingerprint density at radius 2 is 1.78 bits per heavy atom. The van der Waals surface area contributed by atoms with Crippen LogP contribution in [0.25, 0.3) is 0 Å². The highest BCUT2D eigenvalue weighted by Crippen LogP contribution is 2.25. The maximum absolute atomic E-state index is 12.4. The molecule has 0 spiro atoms. The standard InChI is InChI=1S/C21H21N3O2S/c1-15-4-6-16(7-5-15)14-19-22-21(27-23-19)26-18-10-8-17(9-11-18)20(25)24-12-2-3-13-24/h4-11H,2-3,12-14H2,1H3. The van der Waals surface area contributed by atoms with Gasteiger partial charge < -0.3 is 9.64 Å². The Labute approximate surface area is 162 Å². The van der Waals surface area contributed by atoms with Crippen molar-refractivity contribution in [3.05, 3.63) is 71.0 Å². The quantitative estimate of drug-likeness (QED) is 0.656. The van der Waals surface area contributed by atoms with Crippen molar-refractivity contribution in [3.63, 3.8) is 0 Å². The average Bonchev–Trinajstić information content (AvgIpc) is 3.36. The second-order valence-electron chi connectivity index (χ2n) is 6.76. The van der Waals surface area contributed by atoms with E-state index in [-0.39, 0.29) is 5.91 Å². The van der Waals surface area contributed by atoms with E-state index in [0.29, 0.717) is 22.9 Å². The van der Waals surface area contributed by atoms with Gasteiger partial charge in [-0.3, -0.25) is 4.79 Å². The topological polar surface area (TPSA) is 55.3 Å². The number of aromatic nitrogens is 2. The zero-order valence-corrected chi connectivity index (χ0v) is 16.0. The number of ether oxygens (including phenoxy) is 1. The average molecular weight is 379 g/mol. The summed E-state index contributed by atoms with van der Waals surface area (Å²) in [5.41, 5.74) is 3.11. The van der Waals surface area contributed by atoms with Crippen LogP contribution in [0.3, 0.4) is 0 Å². The minimum absolute atomic E-state index is 0.0929. The van der Waals surface area contributed by atoms with Crippen molar-refractivity contribution < 1.29 is 9.53 Å². The number of hydrogen-bond donors (Lipinski definition) is 0. The fourth-order valence-electron chi connectivity index (χ4n) is 3.11. The van der Waals surface area contributed by atoms with Crippen LogP contribution >= 0.6 is 11.5 Å². The zero-order chi connectivity index (χ0) is 18.6. The molecule has 0 radical (unpaired) electrons. The first-order valence-corrected chi connectivity index (χ1v) is 9.90.